The number of hydrogen-bond acceptors (Lipinski definition) is 1. The summed E-state index contributed by atoms with van der Waals surface area (Å²) in [7, 11) is 0. The highest BCUT2D eigenvalue weighted by atomic mass is 15.3. The normalized spacial score (nSPS) is 16.8. The molecule has 0 bridgehead atoms. The number of anilines is 1. The van der Waals surface area contributed by atoms with Gasteiger partial charge in [-0.2, -0.15) is 0 Å². The summed E-state index contributed by atoms with van der Waals surface area (Å²) >= 11 is 0. The van der Waals surface area contributed by atoms with Gasteiger partial charge in [-0.05, 0) is 31.4 Å². The summed E-state index contributed by atoms with van der Waals surface area (Å²) in [6.07, 6.45) is 7.27. The lowest BCUT2D eigenvalue weighted by Gasteiger charge is -2.24. The highest BCUT2D eigenvalue weighted by Crippen LogP contribution is 2.22. The molecule has 0 atom stereocenters. The Kier molecular flexibility index (Phi) is 5.25. The minimum absolute atomic E-state index is 0.438. The van der Waals surface area contributed by atoms with Crippen molar-refractivity contribution < 1.29 is 0 Å². The van der Waals surface area contributed by atoms with Crippen LogP contribution in [0.2, 0.25) is 0 Å². The lowest BCUT2D eigenvalue weighted by molar-refractivity contribution is 0.698. The Balaban J connectivity index is 2.12. The van der Waals surface area contributed by atoms with Crippen LogP contribution in [0.1, 0.15) is 45.4 Å². The predicted octanol–water partition coefficient (Wildman–Crippen LogP) is 3.55. The number of aliphatic imine (C=N–C) groups is 1. The van der Waals surface area contributed by atoms with Crippen molar-refractivity contribution in [1.29, 1.82) is 0 Å². The van der Waals surface area contributed by atoms with E-state index >= 15 is 0 Å². The Hall–Kier alpha value is -1.51. The van der Waals surface area contributed by atoms with E-state index in [0.717, 1.165) is 18.7 Å². The maximum Gasteiger partial charge on any atom is 0.196 e. The fourth-order valence-electron chi connectivity index (χ4n) is 2.59. The molecule has 3 nitrogen and oxygen atoms in total. The minimum Gasteiger partial charge on any atom is -0.370 e. The van der Waals surface area contributed by atoms with Crippen molar-refractivity contribution >= 4 is 11.6 Å². The molecule has 19 heavy (non-hydrogen) atoms. The van der Waals surface area contributed by atoms with E-state index in [4.69, 9.17) is 10.7 Å². The van der Waals surface area contributed by atoms with Crippen molar-refractivity contribution in [2.24, 2.45) is 10.7 Å². The van der Waals surface area contributed by atoms with E-state index in [9.17, 15) is 0 Å². The largest absolute Gasteiger partial charge is 0.370 e. The second-order valence-electron chi connectivity index (χ2n) is 5.27. The molecule has 0 unspecified atom stereocenters. The van der Waals surface area contributed by atoms with Gasteiger partial charge < -0.3 is 10.6 Å². The molecule has 0 radical (unpaired) electrons. The number of guanidine groups is 1. The molecule has 0 amide bonds. The summed E-state index contributed by atoms with van der Waals surface area (Å²) in [5.41, 5.74) is 7.39. The van der Waals surface area contributed by atoms with Crippen LogP contribution < -0.4 is 10.6 Å². The van der Waals surface area contributed by atoms with Gasteiger partial charge in [0.05, 0.1) is 6.04 Å². The SMILES string of the molecule is CCCCN(C(N)=NC1CCCC1)c1ccccc1. The molecule has 1 fully saturated rings. The smallest absolute Gasteiger partial charge is 0.196 e. The highest BCUT2D eigenvalue weighted by Gasteiger charge is 2.16. The van der Waals surface area contributed by atoms with Crippen molar-refractivity contribution in [3.63, 3.8) is 0 Å². The van der Waals surface area contributed by atoms with E-state index in [-0.39, 0.29) is 0 Å². The molecule has 0 saturated heterocycles. The van der Waals surface area contributed by atoms with Crippen LogP contribution in [0.4, 0.5) is 5.69 Å². The number of para-hydroxylation sites is 1. The lowest BCUT2D eigenvalue weighted by atomic mass is 10.2. The Morgan fingerprint density at radius 3 is 2.58 bits per heavy atom. The lowest BCUT2D eigenvalue weighted by Crippen LogP contribution is -2.39. The number of nitrogens with two attached hydrogens (primary N) is 1. The van der Waals surface area contributed by atoms with Crippen LogP contribution >= 0.6 is 0 Å². The molecule has 0 heterocycles. The van der Waals surface area contributed by atoms with Gasteiger partial charge in [0, 0.05) is 12.2 Å². The summed E-state index contributed by atoms with van der Waals surface area (Å²) in [4.78, 5) is 6.88. The van der Waals surface area contributed by atoms with Crippen molar-refractivity contribution in [3.8, 4) is 0 Å². The first-order chi connectivity index (χ1) is 9.31. The summed E-state index contributed by atoms with van der Waals surface area (Å²) in [5.74, 6) is 0.687. The van der Waals surface area contributed by atoms with Crippen LogP contribution in [-0.2, 0) is 0 Å². The van der Waals surface area contributed by atoms with Crippen LogP contribution in [0.15, 0.2) is 35.3 Å². The number of rotatable bonds is 5. The first kappa shape index (κ1) is 13.9. The Bertz CT molecular complexity index is 394. The fourth-order valence-corrected chi connectivity index (χ4v) is 2.59. The summed E-state index contributed by atoms with van der Waals surface area (Å²) in [5, 5.41) is 0. The molecule has 2 rings (SSSR count). The molecule has 1 aliphatic carbocycles. The van der Waals surface area contributed by atoms with Crippen LogP contribution in [-0.4, -0.2) is 18.5 Å². The van der Waals surface area contributed by atoms with E-state index in [2.05, 4.69) is 36.1 Å². The average molecular weight is 259 g/mol. The van der Waals surface area contributed by atoms with E-state index in [1.807, 2.05) is 6.07 Å². The minimum atomic E-state index is 0.438. The van der Waals surface area contributed by atoms with E-state index in [0.29, 0.717) is 12.0 Å². The second kappa shape index (κ2) is 7.17. The summed E-state index contributed by atoms with van der Waals surface area (Å²) < 4.78 is 0. The first-order valence-corrected chi connectivity index (χ1v) is 7.47. The van der Waals surface area contributed by atoms with Crippen LogP contribution in [0.3, 0.4) is 0 Å². The maximum absolute atomic E-state index is 6.25. The van der Waals surface area contributed by atoms with Gasteiger partial charge in [0.25, 0.3) is 0 Å². The zero-order valence-corrected chi connectivity index (χ0v) is 11.9. The molecular formula is C16H25N3. The Morgan fingerprint density at radius 2 is 1.95 bits per heavy atom. The zero-order valence-electron chi connectivity index (χ0n) is 11.9. The molecule has 2 N–H and O–H groups in total. The van der Waals surface area contributed by atoms with E-state index in [1.54, 1.807) is 0 Å². The van der Waals surface area contributed by atoms with E-state index in [1.165, 1.54) is 32.1 Å². The predicted molar refractivity (Wildman–Crippen MR) is 82.6 cm³/mol. The fraction of sp³-hybridized carbons (Fsp3) is 0.562. The molecule has 1 aromatic rings. The van der Waals surface area contributed by atoms with Gasteiger partial charge in [-0.25, -0.2) is 4.99 Å². The van der Waals surface area contributed by atoms with Gasteiger partial charge in [-0.1, -0.05) is 44.4 Å². The second-order valence-corrected chi connectivity index (χ2v) is 5.27. The van der Waals surface area contributed by atoms with Gasteiger partial charge in [-0.15, -0.1) is 0 Å². The summed E-state index contributed by atoms with van der Waals surface area (Å²) in [6, 6.07) is 10.8. The monoisotopic (exact) mass is 259 g/mol. The third-order valence-electron chi connectivity index (χ3n) is 3.72. The molecule has 0 aromatic heterocycles. The zero-order chi connectivity index (χ0) is 13.5. The van der Waals surface area contributed by atoms with Crippen molar-refractivity contribution in [2.45, 2.75) is 51.5 Å². The average Bonchev–Trinajstić information content (AvgIpc) is 2.93. The Morgan fingerprint density at radius 1 is 1.26 bits per heavy atom. The van der Waals surface area contributed by atoms with Gasteiger partial charge in [0.1, 0.15) is 0 Å². The third kappa shape index (κ3) is 3.98. The number of unbranched alkanes of at least 4 members (excludes halogenated alkanes) is 1. The molecule has 104 valence electrons. The van der Waals surface area contributed by atoms with Gasteiger partial charge in [0.15, 0.2) is 5.96 Å². The molecule has 1 aliphatic rings. The number of nitrogens with zero attached hydrogens (tertiary/aromatic N) is 2. The van der Waals surface area contributed by atoms with Crippen LogP contribution in [0.25, 0.3) is 0 Å². The van der Waals surface area contributed by atoms with Crippen LogP contribution in [0, 0.1) is 0 Å². The van der Waals surface area contributed by atoms with Gasteiger partial charge >= 0.3 is 0 Å². The Labute approximate surface area is 116 Å². The quantitative estimate of drug-likeness (QED) is 0.649. The highest BCUT2D eigenvalue weighted by molar-refractivity contribution is 5.94. The molecule has 3 heteroatoms. The van der Waals surface area contributed by atoms with E-state index < -0.39 is 0 Å². The van der Waals surface area contributed by atoms with Gasteiger partial charge in [-0.3, -0.25) is 0 Å². The molecule has 0 spiro atoms. The van der Waals surface area contributed by atoms with Crippen molar-refractivity contribution in [3.05, 3.63) is 30.3 Å². The summed E-state index contributed by atoms with van der Waals surface area (Å²) in [6.45, 7) is 3.15. The van der Waals surface area contributed by atoms with Gasteiger partial charge in [0.2, 0.25) is 0 Å². The number of hydrogen-bond donors (Lipinski definition) is 1. The molecular weight excluding hydrogens is 234 g/mol. The topological polar surface area (TPSA) is 41.6 Å². The van der Waals surface area contributed by atoms with Crippen molar-refractivity contribution in [2.75, 3.05) is 11.4 Å². The molecule has 0 aliphatic heterocycles. The number of benzene rings is 1. The molecule has 1 saturated carbocycles. The standard InChI is InChI=1S/C16H25N3/c1-2-3-13-19(15-11-5-4-6-12-15)16(17)18-14-9-7-8-10-14/h4-6,11-12,14H,2-3,7-10,13H2,1H3,(H2,17,18). The maximum atomic E-state index is 6.25. The third-order valence-corrected chi connectivity index (χ3v) is 3.72. The molecule has 1 aromatic carbocycles. The van der Waals surface area contributed by atoms with Crippen molar-refractivity contribution in [1.82, 2.24) is 0 Å². The first-order valence-electron chi connectivity index (χ1n) is 7.47. The van der Waals surface area contributed by atoms with Crippen LogP contribution in [0.5, 0.6) is 0 Å².